The summed E-state index contributed by atoms with van der Waals surface area (Å²) in [6.07, 6.45) is 1.44. The summed E-state index contributed by atoms with van der Waals surface area (Å²) in [6.45, 7) is 4.73. The third-order valence-electron chi connectivity index (χ3n) is 1.65. The van der Waals surface area contributed by atoms with E-state index in [0.717, 1.165) is 23.9 Å². The maximum Gasteiger partial charge on any atom is 0.0858 e. The summed E-state index contributed by atoms with van der Waals surface area (Å²) >= 11 is 4.85. The van der Waals surface area contributed by atoms with Crippen LogP contribution in [0.3, 0.4) is 0 Å². The van der Waals surface area contributed by atoms with Crippen LogP contribution < -0.4 is 0 Å². The Bertz CT molecular complexity index is 125. The van der Waals surface area contributed by atoms with Gasteiger partial charge in [-0.25, -0.2) is 0 Å². The number of thiol groups is 1. The van der Waals surface area contributed by atoms with Crippen molar-refractivity contribution in [3.63, 3.8) is 0 Å². The van der Waals surface area contributed by atoms with E-state index >= 15 is 0 Å². The summed E-state index contributed by atoms with van der Waals surface area (Å²) in [6, 6.07) is 0. The molecular weight excluding hydrogens is 236 g/mol. The fourth-order valence-electron chi connectivity index (χ4n) is 0.933. The van der Waals surface area contributed by atoms with E-state index in [-0.39, 0.29) is 6.10 Å². The van der Waals surface area contributed by atoms with E-state index in [1.807, 2.05) is 0 Å². The molecule has 0 aromatic carbocycles. The summed E-state index contributed by atoms with van der Waals surface area (Å²) in [5, 5.41) is 8.97. The first-order valence-corrected chi connectivity index (χ1v) is 6.83. The Morgan fingerprint density at radius 1 is 1.13 bits per heavy atom. The minimum Gasteiger partial charge on any atom is -0.393 e. The van der Waals surface area contributed by atoms with Gasteiger partial charge in [0.2, 0.25) is 0 Å². The third kappa shape index (κ3) is 14.5. The van der Waals surface area contributed by atoms with E-state index in [9.17, 15) is 0 Å². The highest BCUT2D eigenvalue weighted by molar-refractivity contribution is 8.66. The quantitative estimate of drug-likeness (QED) is 0.255. The Hall–Kier alpha value is 0.540. The van der Waals surface area contributed by atoms with Crippen molar-refractivity contribution < 1.29 is 18.8 Å². The molecule has 0 bridgehead atoms. The molecule has 92 valence electrons. The number of rotatable bonds is 11. The molecule has 0 saturated heterocycles. The molecule has 0 aromatic heterocycles. The van der Waals surface area contributed by atoms with Crippen molar-refractivity contribution in [2.24, 2.45) is 0 Å². The third-order valence-corrected chi connectivity index (χ3v) is 2.23. The molecular formula is C9H20O4S2. The van der Waals surface area contributed by atoms with Gasteiger partial charge in [-0.1, -0.05) is 11.7 Å². The lowest BCUT2D eigenvalue weighted by atomic mass is 10.2. The van der Waals surface area contributed by atoms with Crippen LogP contribution in [-0.4, -0.2) is 44.2 Å². The van der Waals surface area contributed by atoms with Gasteiger partial charge in [-0.3, -0.25) is 0 Å². The lowest BCUT2D eigenvalue weighted by Gasteiger charge is -2.06. The van der Waals surface area contributed by atoms with Crippen LogP contribution in [-0.2, 0) is 13.7 Å². The Balaban J connectivity index is 2.87. The zero-order chi connectivity index (χ0) is 11.4. The van der Waals surface area contributed by atoms with Crippen molar-refractivity contribution in [2.75, 3.05) is 33.0 Å². The molecule has 0 saturated carbocycles. The highest BCUT2D eigenvalue weighted by atomic mass is 33.1. The van der Waals surface area contributed by atoms with Gasteiger partial charge < -0.3 is 18.8 Å². The molecule has 4 nitrogen and oxygen atoms in total. The Morgan fingerprint density at radius 2 is 1.73 bits per heavy atom. The first kappa shape index (κ1) is 15.5. The standard InChI is InChI=1S/C9H20O4S2/c1-9(10)3-2-4-11-5-6-12-7-8-13-15-14/h9-10,14H,2-8H2,1H3. The fourth-order valence-corrected chi connectivity index (χ4v) is 1.30. The predicted molar refractivity (Wildman–Crippen MR) is 65.1 cm³/mol. The second kappa shape index (κ2) is 12.6. The molecule has 0 heterocycles. The van der Waals surface area contributed by atoms with E-state index in [0.29, 0.717) is 33.0 Å². The fraction of sp³-hybridized carbons (Fsp3) is 1.00. The van der Waals surface area contributed by atoms with E-state index in [1.54, 1.807) is 6.92 Å². The van der Waals surface area contributed by atoms with Gasteiger partial charge in [0.15, 0.2) is 0 Å². The van der Waals surface area contributed by atoms with Gasteiger partial charge in [0.1, 0.15) is 0 Å². The number of aliphatic hydroxyl groups excluding tert-OH is 1. The predicted octanol–water partition coefficient (Wildman–Crippen LogP) is 1.69. The van der Waals surface area contributed by atoms with Gasteiger partial charge in [0.05, 0.1) is 43.6 Å². The van der Waals surface area contributed by atoms with Crippen molar-refractivity contribution >= 4 is 22.7 Å². The van der Waals surface area contributed by atoms with Crippen molar-refractivity contribution in [1.82, 2.24) is 0 Å². The van der Waals surface area contributed by atoms with Crippen molar-refractivity contribution in [3.8, 4) is 0 Å². The average molecular weight is 256 g/mol. The maximum atomic E-state index is 8.97. The molecule has 1 unspecified atom stereocenters. The highest BCUT2D eigenvalue weighted by Gasteiger charge is 1.95. The van der Waals surface area contributed by atoms with E-state index in [4.69, 9.17) is 18.8 Å². The highest BCUT2D eigenvalue weighted by Crippen LogP contribution is 2.04. The Labute approximate surface area is 101 Å². The molecule has 0 fully saturated rings. The van der Waals surface area contributed by atoms with Crippen molar-refractivity contribution in [3.05, 3.63) is 0 Å². The van der Waals surface area contributed by atoms with Crippen molar-refractivity contribution in [2.45, 2.75) is 25.9 Å². The van der Waals surface area contributed by atoms with Crippen LogP contribution in [0.15, 0.2) is 0 Å². The Morgan fingerprint density at radius 3 is 2.33 bits per heavy atom. The molecule has 6 heteroatoms. The van der Waals surface area contributed by atoms with E-state index in [1.165, 1.54) is 0 Å². The molecule has 15 heavy (non-hydrogen) atoms. The van der Waals surface area contributed by atoms with Crippen LogP contribution in [0.4, 0.5) is 0 Å². The molecule has 0 spiro atoms. The number of hydrogen-bond acceptors (Lipinski definition) is 6. The number of hydrogen-bond donors (Lipinski definition) is 2. The normalized spacial score (nSPS) is 13.0. The molecule has 1 N–H and O–H groups in total. The van der Waals surface area contributed by atoms with Gasteiger partial charge in [0.25, 0.3) is 0 Å². The van der Waals surface area contributed by atoms with Crippen LogP contribution in [0.5, 0.6) is 0 Å². The molecule has 0 amide bonds. The molecule has 0 aliphatic rings. The van der Waals surface area contributed by atoms with E-state index < -0.39 is 0 Å². The molecule has 0 rings (SSSR count). The van der Waals surface area contributed by atoms with Gasteiger partial charge in [0, 0.05) is 6.61 Å². The molecule has 0 aliphatic heterocycles. The maximum absolute atomic E-state index is 8.97. The minimum atomic E-state index is -0.235. The molecule has 0 radical (unpaired) electrons. The van der Waals surface area contributed by atoms with Gasteiger partial charge in [-0.05, 0) is 19.8 Å². The molecule has 1 atom stereocenters. The van der Waals surface area contributed by atoms with Crippen LogP contribution in [0.25, 0.3) is 0 Å². The SMILES string of the molecule is CC(O)CCCOCCOCCOSS. The Kier molecular flexibility index (Phi) is 13.1. The number of aliphatic hydroxyl groups is 1. The van der Waals surface area contributed by atoms with Crippen LogP contribution in [0, 0.1) is 0 Å². The summed E-state index contributed by atoms with van der Waals surface area (Å²) in [5.41, 5.74) is 0. The summed E-state index contributed by atoms with van der Waals surface area (Å²) < 4.78 is 15.4. The van der Waals surface area contributed by atoms with Crippen molar-refractivity contribution in [1.29, 1.82) is 0 Å². The summed E-state index contributed by atoms with van der Waals surface area (Å²) in [5.74, 6) is 0. The zero-order valence-electron chi connectivity index (χ0n) is 9.05. The topological polar surface area (TPSA) is 47.9 Å². The average Bonchev–Trinajstić information content (AvgIpc) is 2.20. The first-order chi connectivity index (χ1) is 7.27. The number of ether oxygens (including phenoxy) is 2. The largest absolute Gasteiger partial charge is 0.393 e. The summed E-state index contributed by atoms with van der Waals surface area (Å²) in [7, 11) is 0. The minimum absolute atomic E-state index is 0.235. The van der Waals surface area contributed by atoms with Crippen LogP contribution in [0.1, 0.15) is 19.8 Å². The first-order valence-electron chi connectivity index (χ1n) is 5.04. The molecule has 0 aromatic rings. The lowest BCUT2D eigenvalue weighted by Crippen LogP contribution is -2.09. The van der Waals surface area contributed by atoms with Crippen LogP contribution >= 0.6 is 22.7 Å². The lowest BCUT2D eigenvalue weighted by molar-refractivity contribution is 0.0349. The van der Waals surface area contributed by atoms with Gasteiger partial charge in [-0.2, -0.15) is 0 Å². The molecule has 0 aliphatic carbocycles. The zero-order valence-corrected chi connectivity index (χ0v) is 10.8. The van der Waals surface area contributed by atoms with Gasteiger partial charge in [-0.15, -0.1) is 0 Å². The summed E-state index contributed by atoms with van der Waals surface area (Å²) in [4.78, 5) is 0. The second-order valence-corrected chi connectivity index (χ2v) is 3.94. The smallest absolute Gasteiger partial charge is 0.0858 e. The monoisotopic (exact) mass is 256 g/mol. The van der Waals surface area contributed by atoms with Gasteiger partial charge >= 0.3 is 0 Å². The second-order valence-electron chi connectivity index (χ2n) is 3.11. The van der Waals surface area contributed by atoms with E-state index in [2.05, 4.69) is 11.7 Å². The van der Waals surface area contributed by atoms with Crippen LogP contribution in [0.2, 0.25) is 0 Å².